The Morgan fingerprint density at radius 3 is 2.54 bits per heavy atom. The van der Waals surface area contributed by atoms with Crippen molar-refractivity contribution in [3.8, 4) is 11.8 Å². The summed E-state index contributed by atoms with van der Waals surface area (Å²) in [4.78, 5) is 12.7. The zero-order valence-electron chi connectivity index (χ0n) is 20.1. The average molecular weight is 512 g/mol. The lowest BCUT2D eigenvalue weighted by molar-refractivity contribution is -0.274. The maximum Gasteiger partial charge on any atom is 0.573 e. The zero-order valence-corrected chi connectivity index (χ0v) is 20.1. The van der Waals surface area contributed by atoms with E-state index in [0.717, 1.165) is 32.2 Å². The molecular formula is C26H28F3N7O. The lowest BCUT2D eigenvalue weighted by Crippen LogP contribution is -2.34. The second-order valence-electron chi connectivity index (χ2n) is 8.92. The zero-order chi connectivity index (χ0) is 26.1. The van der Waals surface area contributed by atoms with E-state index in [1.54, 1.807) is 12.3 Å². The van der Waals surface area contributed by atoms with Crippen molar-refractivity contribution in [3.05, 3.63) is 71.7 Å². The van der Waals surface area contributed by atoms with Gasteiger partial charge in [0.05, 0.1) is 6.20 Å². The summed E-state index contributed by atoms with van der Waals surface area (Å²) in [5, 5.41) is 19.2. The van der Waals surface area contributed by atoms with Crippen molar-refractivity contribution >= 4 is 11.8 Å². The van der Waals surface area contributed by atoms with E-state index in [9.17, 15) is 18.4 Å². The molecule has 4 rings (SSSR count). The number of hydrogen-bond acceptors (Lipinski definition) is 8. The molecule has 0 unspecified atom stereocenters. The number of alkyl halides is 3. The molecule has 0 atom stereocenters. The largest absolute Gasteiger partial charge is 0.573 e. The number of rotatable bonds is 10. The van der Waals surface area contributed by atoms with Crippen LogP contribution in [0.3, 0.4) is 0 Å². The minimum atomic E-state index is -4.79. The van der Waals surface area contributed by atoms with Crippen LogP contribution in [0.4, 0.5) is 24.9 Å². The van der Waals surface area contributed by atoms with E-state index in [-0.39, 0.29) is 18.2 Å². The van der Waals surface area contributed by atoms with Gasteiger partial charge in [0.1, 0.15) is 23.2 Å². The molecule has 0 radical (unpaired) electrons. The highest BCUT2D eigenvalue weighted by molar-refractivity contribution is 5.53. The van der Waals surface area contributed by atoms with Crippen LogP contribution in [0.25, 0.3) is 0 Å². The van der Waals surface area contributed by atoms with Crippen molar-refractivity contribution in [3.63, 3.8) is 0 Å². The molecule has 0 amide bonds. The first-order chi connectivity index (χ1) is 17.9. The van der Waals surface area contributed by atoms with Crippen molar-refractivity contribution in [2.45, 2.75) is 51.2 Å². The SMILES string of the molecule is N#Cc1cnc(NCc2ccccc2OC(F)(F)F)nc1NC[C@H]1CC[C@H](NCc2cccnc2)CC1. The van der Waals surface area contributed by atoms with Gasteiger partial charge in [-0.3, -0.25) is 4.98 Å². The van der Waals surface area contributed by atoms with Gasteiger partial charge in [-0.1, -0.05) is 24.3 Å². The number of halogens is 3. The minimum absolute atomic E-state index is 0.0215. The molecule has 2 heterocycles. The molecular weight excluding hydrogens is 483 g/mol. The molecule has 0 spiro atoms. The van der Waals surface area contributed by atoms with Crippen LogP contribution < -0.4 is 20.7 Å². The predicted octanol–water partition coefficient (Wildman–Crippen LogP) is 5.01. The summed E-state index contributed by atoms with van der Waals surface area (Å²) >= 11 is 0. The van der Waals surface area contributed by atoms with E-state index in [1.165, 1.54) is 30.0 Å². The van der Waals surface area contributed by atoms with Gasteiger partial charge in [0, 0.05) is 43.6 Å². The number of nitrogens with zero attached hydrogens (tertiary/aromatic N) is 4. The summed E-state index contributed by atoms with van der Waals surface area (Å²) in [6, 6.07) is 12.4. The molecule has 37 heavy (non-hydrogen) atoms. The van der Waals surface area contributed by atoms with E-state index in [1.807, 2.05) is 12.3 Å². The van der Waals surface area contributed by atoms with Crippen LogP contribution in [-0.4, -0.2) is 33.9 Å². The lowest BCUT2D eigenvalue weighted by atomic mass is 9.86. The maximum absolute atomic E-state index is 12.7. The Morgan fingerprint density at radius 2 is 1.81 bits per heavy atom. The Morgan fingerprint density at radius 1 is 1.00 bits per heavy atom. The van der Waals surface area contributed by atoms with Crippen LogP contribution in [0.2, 0.25) is 0 Å². The molecule has 0 saturated heterocycles. The van der Waals surface area contributed by atoms with Crippen LogP contribution in [0.15, 0.2) is 55.0 Å². The Labute approximate surface area is 213 Å². The van der Waals surface area contributed by atoms with Gasteiger partial charge in [0.2, 0.25) is 5.95 Å². The van der Waals surface area contributed by atoms with Gasteiger partial charge < -0.3 is 20.7 Å². The highest BCUT2D eigenvalue weighted by Crippen LogP contribution is 2.27. The maximum atomic E-state index is 12.7. The Balaban J connectivity index is 1.28. The number of pyridine rings is 1. The molecule has 0 aliphatic heterocycles. The van der Waals surface area contributed by atoms with E-state index in [0.29, 0.717) is 35.4 Å². The number of benzene rings is 1. The molecule has 3 aromatic rings. The standard InChI is InChI=1S/C26H28F3N7O/c27-26(28,29)37-23-6-2-1-5-20(23)16-34-25-35-17-21(12-30)24(36-25)33-14-18-7-9-22(10-8-18)32-15-19-4-3-11-31-13-19/h1-6,11,13,17-18,22,32H,7-10,14-16H2,(H2,33,34,35,36)/t18-,22-. The molecule has 0 bridgehead atoms. The summed E-state index contributed by atoms with van der Waals surface area (Å²) < 4.78 is 42.1. The molecule has 194 valence electrons. The second kappa shape index (κ2) is 12.4. The molecule has 1 fully saturated rings. The van der Waals surface area contributed by atoms with Crippen molar-refractivity contribution in [1.29, 1.82) is 5.26 Å². The number of anilines is 2. The van der Waals surface area contributed by atoms with E-state index in [2.05, 4.69) is 47.8 Å². The van der Waals surface area contributed by atoms with Gasteiger partial charge in [-0.05, 0) is 49.3 Å². The molecule has 1 aliphatic rings. The Hall–Kier alpha value is -3.91. The smallest absolute Gasteiger partial charge is 0.405 e. The van der Waals surface area contributed by atoms with Crippen LogP contribution in [0.1, 0.15) is 42.4 Å². The van der Waals surface area contributed by atoms with E-state index in [4.69, 9.17) is 0 Å². The second-order valence-corrected chi connectivity index (χ2v) is 8.92. The van der Waals surface area contributed by atoms with Crippen molar-refractivity contribution < 1.29 is 17.9 Å². The monoisotopic (exact) mass is 511 g/mol. The first-order valence-electron chi connectivity index (χ1n) is 12.1. The predicted molar refractivity (Wildman–Crippen MR) is 133 cm³/mol. The number of hydrogen-bond donors (Lipinski definition) is 3. The molecule has 8 nitrogen and oxygen atoms in total. The van der Waals surface area contributed by atoms with Crippen molar-refractivity contribution in [2.24, 2.45) is 5.92 Å². The number of ether oxygens (including phenoxy) is 1. The third kappa shape index (κ3) is 8.05. The topological polar surface area (TPSA) is 108 Å². The quantitative estimate of drug-likeness (QED) is 0.349. The van der Waals surface area contributed by atoms with Gasteiger partial charge in [0.25, 0.3) is 0 Å². The first-order valence-corrected chi connectivity index (χ1v) is 12.1. The van der Waals surface area contributed by atoms with Gasteiger partial charge >= 0.3 is 6.36 Å². The van der Waals surface area contributed by atoms with Crippen molar-refractivity contribution in [1.82, 2.24) is 20.3 Å². The van der Waals surface area contributed by atoms with Crippen LogP contribution in [0, 0.1) is 17.2 Å². The van der Waals surface area contributed by atoms with Gasteiger partial charge in [-0.25, -0.2) is 4.98 Å². The molecule has 11 heteroatoms. The number of para-hydroxylation sites is 1. The fraction of sp³-hybridized carbons (Fsp3) is 0.385. The van der Waals surface area contributed by atoms with Crippen LogP contribution in [0.5, 0.6) is 5.75 Å². The lowest BCUT2D eigenvalue weighted by Gasteiger charge is -2.29. The molecule has 1 aromatic carbocycles. The van der Waals surface area contributed by atoms with Crippen LogP contribution in [-0.2, 0) is 13.1 Å². The molecule has 1 saturated carbocycles. The van der Waals surface area contributed by atoms with Gasteiger partial charge in [0.15, 0.2) is 0 Å². The number of nitrogens with one attached hydrogen (secondary N) is 3. The summed E-state index contributed by atoms with van der Waals surface area (Å²) in [5.74, 6) is 0.754. The summed E-state index contributed by atoms with van der Waals surface area (Å²) in [7, 11) is 0. The summed E-state index contributed by atoms with van der Waals surface area (Å²) in [5.41, 5.74) is 1.77. The fourth-order valence-electron chi connectivity index (χ4n) is 4.31. The highest BCUT2D eigenvalue weighted by Gasteiger charge is 2.32. The van der Waals surface area contributed by atoms with Gasteiger partial charge in [-0.15, -0.1) is 13.2 Å². The third-order valence-electron chi connectivity index (χ3n) is 6.27. The number of nitriles is 1. The fourth-order valence-corrected chi connectivity index (χ4v) is 4.31. The normalized spacial score (nSPS) is 17.6. The van der Waals surface area contributed by atoms with Crippen molar-refractivity contribution in [2.75, 3.05) is 17.2 Å². The Bertz CT molecular complexity index is 1190. The Kier molecular flexibility index (Phi) is 8.74. The summed E-state index contributed by atoms with van der Waals surface area (Å²) in [6.45, 7) is 1.49. The molecule has 2 aromatic heterocycles. The first kappa shape index (κ1) is 26.2. The molecule has 1 aliphatic carbocycles. The van der Waals surface area contributed by atoms with Gasteiger partial charge in [-0.2, -0.15) is 10.2 Å². The molecule has 3 N–H and O–H groups in total. The van der Waals surface area contributed by atoms with E-state index >= 15 is 0 Å². The third-order valence-corrected chi connectivity index (χ3v) is 6.27. The average Bonchev–Trinajstić information content (AvgIpc) is 2.90. The minimum Gasteiger partial charge on any atom is -0.405 e. The summed E-state index contributed by atoms with van der Waals surface area (Å²) in [6.07, 6.45) is 4.47. The van der Waals surface area contributed by atoms with Crippen LogP contribution >= 0.6 is 0 Å². The number of aromatic nitrogens is 3. The highest BCUT2D eigenvalue weighted by atomic mass is 19.4. The van der Waals surface area contributed by atoms with E-state index < -0.39 is 6.36 Å².